The van der Waals surface area contributed by atoms with Crippen LogP contribution < -0.4 is 10.5 Å². The van der Waals surface area contributed by atoms with E-state index in [9.17, 15) is 0 Å². The molecule has 1 aromatic carbocycles. The van der Waals surface area contributed by atoms with E-state index in [4.69, 9.17) is 10.5 Å². The van der Waals surface area contributed by atoms with Crippen LogP contribution in [0.1, 0.15) is 36.7 Å². The van der Waals surface area contributed by atoms with E-state index in [0.717, 1.165) is 22.6 Å². The largest absolute Gasteiger partial charge is 0.487 e. The minimum absolute atomic E-state index is 0.371. The lowest BCUT2D eigenvalue weighted by molar-refractivity contribution is 0.296. The average Bonchev–Trinajstić information content (AvgIpc) is 2.87. The third kappa shape index (κ3) is 3.35. The lowest BCUT2D eigenvalue weighted by Gasteiger charge is -2.09. The van der Waals surface area contributed by atoms with Gasteiger partial charge in [0, 0.05) is 18.8 Å². The van der Waals surface area contributed by atoms with Gasteiger partial charge in [-0.15, -0.1) is 0 Å². The Labute approximate surface area is 114 Å². The molecule has 1 aromatic heterocycles. The molecule has 0 aliphatic heterocycles. The molecule has 2 rings (SSSR count). The predicted molar refractivity (Wildman–Crippen MR) is 76.0 cm³/mol. The van der Waals surface area contributed by atoms with E-state index in [2.05, 4.69) is 18.9 Å². The maximum Gasteiger partial charge on any atom is 0.132 e. The first-order valence-corrected chi connectivity index (χ1v) is 6.56. The SMILES string of the molecule is Cc1ccc(CN)cc1OCc1ccn(C(C)C)n1. The zero-order valence-corrected chi connectivity index (χ0v) is 11.8. The Balaban J connectivity index is 2.05. The number of nitrogens with zero attached hydrogens (tertiary/aromatic N) is 2. The summed E-state index contributed by atoms with van der Waals surface area (Å²) >= 11 is 0. The second-order valence-corrected chi connectivity index (χ2v) is 4.97. The van der Waals surface area contributed by atoms with Crippen molar-refractivity contribution in [1.29, 1.82) is 0 Å². The standard InChI is InChI=1S/C15H21N3O/c1-11(2)18-7-6-14(17-18)10-19-15-8-13(9-16)5-4-12(15)3/h4-8,11H,9-10,16H2,1-3H3. The van der Waals surface area contributed by atoms with Crippen LogP contribution in [-0.4, -0.2) is 9.78 Å². The van der Waals surface area contributed by atoms with Gasteiger partial charge in [0.15, 0.2) is 0 Å². The molecule has 0 amide bonds. The molecule has 1 heterocycles. The summed E-state index contributed by atoms with van der Waals surface area (Å²) in [6.07, 6.45) is 1.98. The van der Waals surface area contributed by atoms with Crippen LogP contribution in [0.15, 0.2) is 30.5 Å². The second kappa shape index (κ2) is 5.89. The molecule has 0 saturated heterocycles. The monoisotopic (exact) mass is 259 g/mol. The average molecular weight is 259 g/mol. The summed E-state index contributed by atoms with van der Waals surface area (Å²) in [5.41, 5.74) is 8.77. The van der Waals surface area contributed by atoms with Crippen LogP contribution in [0.2, 0.25) is 0 Å². The lowest BCUT2D eigenvalue weighted by atomic mass is 10.1. The van der Waals surface area contributed by atoms with E-state index >= 15 is 0 Å². The number of hydrogen-bond donors (Lipinski definition) is 1. The number of benzene rings is 1. The molecular formula is C15H21N3O. The Hall–Kier alpha value is -1.81. The molecule has 2 aromatic rings. The van der Waals surface area contributed by atoms with Gasteiger partial charge in [0.05, 0.1) is 5.69 Å². The van der Waals surface area contributed by atoms with Gasteiger partial charge in [-0.25, -0.2) is 0 Å². The van der Waals surface area contributed by atoms with E-state index in [0.29, 0.717) is 19.2 Å². The second-order valence-electron chi connectivity index (χ2n) is 4.97. The minimum atomic E-state index is 0.371. The van der Waals surface area contributed by atoms with Crippen LogP contribution in [0.4, 0.5) is 0 Å². The highest BCUT2D eigenvalue weighted by Crippen LogP contribution is 2.20. The molecule has 19 heavy (non-hydrogen) atoms. The smallest absolute Gasteiger partial charge is 0.132 e. The first-order chi connectivity index (χ1) is 9.10. The highest BCUT2D eigenvalue weighted by molar-refractivity contribution is 5.36. The number of ether oxygens (including phenoxy) is 1. The molecule has 0 saturated carbocycles. The summed E-state index contributed by atoms with van der Waals surface area (Å²) in [7, 11) is 0. The van der Waals surface area contributed by atoms with Gasteiger partial charge in [-0.2, -0.15) is 5.10 Å². The maximum absolute atomic E-state index is 5.83. The summed E-state index contributed by atoms with van der Waals surface area (Å²) in [5, 5.41) is 4.46. The van der Waals surface area contributed by atoms with Crippen molar-refractivity contribution in [2.24, 2.45) is 5.73 Å². The van der Waals surface area contributed by atoms with Crippen LogP contribution in [0.25, 0.3) is 0 Å². The zero-order valence-electron chi connectivity index (χ0n) is 11.8. The Kier molecular flexibility index (Phi) is 4.22. The molecule has 4 heteroatoms. The van der Waals surface area contributed by atoms with Gasteiger partial charge in [-0.05, 0) is 44.0 Å². The lowest BCUT2D eigenvalue weighted by Crippen LogP contribution is -2.04. The molecule has 102 valence electrons. The molecule has 0 radical (unpaired) electrons. The highest BCUT2D eigenvalue weighted by atomic mass is 16.5. The zero-order chi connectivity index (χ0) is 13.8. The first kappa shape index (κ1) is 13.6. The number of aromatic nitrogens is 2. The maximum atomic E-state index is 5.83. The van der Waals surface area contributed by atoms with Gasteiger partial charge in [-0.3, -0.25) is 4.68 Å². The van der Waals surface area contributed by atoms with E-state index in [1.807, 2.05) is 42.1 Å². The van der Waals surface area contributed by atoms with Crippen LogP contribution in [0, 0.1) is 6.92 Å². The van der Waals surface area contributed by atoms with E-state index in [-0.39, 0.29) is 0 Å². The van der Waals surface area contributed by atoms with Gasteiger partial charge < -0.3 is 10.5 Å². The van der Waals surface area contributed by atoms with Crippen molar-refractivity contribution in [3.63, 3.8) is 0 Å². The number of rotatable bonds is 5. The van der Waals surface area contributed by atoms with Crippen molar-refractivity contribution in [2.75, 3.05) is 0 Å². The van der Waals surface area contributed by atoms with E-state index in [1.54, 1.807) is 0 Å². The molecule has 0 aliphatic rings. The number of nitrogens with two attached hydrogens (primary N) is 1. The van der Waals surface area contributed by atoms with Crippen molar-refractivity contribution >= 4 is 0 Å². The quantitative estimate of drug-likeness (QED) is 0.898. The normalized spacial score (nSPS) is 11.0. The molecule has 0 bridgehead atoms. The molecule has 0 atom stereocenters. The number of aryl methyl sites for hydroxylation is 1. The van der Waals surface area contributed by atoms with Crippen LogP contribution in [0.3, 0.4) is 0 Å². The molecule has 4 nitrogen and oxygen atoms in total. The van der Waals surface area contributed by atoms with Gasteiger partial charge >= 0.3 is 0 Å². The Morgan fingerprint density at radius 1 is 1.32 bits per heavy atom. The van der Waals surface area contributed by atoms with E-state index < -0.39 is 0 Å². The Bertz CT molecular complexity index is 546. The van der Waals surface area contributed by atoms with Gasteiger partial charge in [0.25, 0.3) is 0 Å². The minimum Gasteiger partial charge on any atom is -0.487 e. The van der Waals surface area contributed by atoms with Crippen molar-refractivity contribution in [3.05, 3.63) is 47.3 Å². The summed E-state index contributed by atoms with van der Waals surface area (Å²) in [6.45, 7) is 7.24. The van der Waals surface area contributed by atoms with Crippen LogP contribution in [-0.2, 0) is 13.2 Å². The molecule has 0 aliphatic carbocycles. The number of hydrogen-bond acceptors (Lipinski definition) is 3. The molecule has 2 N–H and O–H groups in total. The van der Waals surface area contributed by atoms with Crippen LogP contribution >= 0.6 is 0 Å². The van der Waals surface area contributed by atoms with Gasteiger partial charge in [0.2, 0.25) is 0 Å². The van der Waals surface area contributed by atoms with Crippen molar-refractivity contribution in [3.8, 4) is 5.75 Å². The van der Waals surface area contributed by atoms with Crippen molar-refractivity contribution in [1.82, 2.24) is 9.78 Å². The third-order valence-electron chi connectivity index (χ3n) is 3.06. The summed E-state index contributed by atoms with van der Waals surface area (Å²) in [4.78, 5) is 0. The Morgan fingerprint density at radius 2 is 2.11 bits per heavy atom. The fourth-order valence-corrected chi connectivity index (χ4v) is 1.82. The molecular weight excluding hydrogens is 238 g/mol. The summed E-state index contributed by atoms with van der Waals surface area (Å²) in [5.74, 6) is 0.877. The van der Waals surface area contributed by atoms with Crippen LogP contribution in [0.5, 0.6) is 5.75 Å². The van der Waals surface area contributed by atoms with Gasteiger partial charge in [0.1, 0.15) is 12.4 Å². The molecule has 0 spiro atoms. The summed E-state index contributed by atoms with van der Waals surface area (Å²) < 4.78 is 7.76. The third-order valence-corrected chi connectivity index (χ3v) is 3.06. The Morgan fingerprint density at radius 3 is 2.74 bits per heavy atom. The van der Waals surface area contributed by atoms with E-state index in [1.165, 1.54) is 0 Å². The highest BCUT2D eigenvalue weighted by Gasteiger charge is 2.05. The fraction of sp³-hybridized carbons (Fsp3) is 0.400. The van der Waals surface area contributed by atoms with Gasteiger partial charge in [-0.1, -0.05) is 12.1 Å². The molecule has 0 fully saturated rings. The topological polar surface area (TPSA) is 53.1 Å². The first-order valence-electron chi connectivity index (χ1n) is 6.56. The van der Waals surface area contributed by atoms with Crippen molar-refractivity contribution < 1.29 is 4.74 Å². The predicted octanol–water partition coefficient (Wildman–Crippen LogP) is 2.81. The fourth-order valence-electron chi connectivity index (χ4n) is 1.82. The molecule has 0 unspecified atom stereocenters. The van der Waals surface area contributed by atoms with Crippen molar-refractivity contribution in [2.45, 2.75) is 40.0 Å². The summed E-state index contributed by atoms with van der Waals surface area (Å²) in [6, 6.07) is 8.41.